The molecule has 0 aliphatic rings. The molecular formula is C18H21ClFN. The van der Waals surface area contributed by atoms with Gasteiger partial charge < -0.3 is 5.32 Å². The van der Waals surface area contributed by atoms with Crippen LogP contribution in [-0.2, 0) is 6.42 Å². The van der Waals surface area contributed by atoms with Gasteiger partial charge in [-0.2, -0.15) is 0 Å². The molecule has 0 bridgehead atoms. The molecule has 0 aliphatic carbocycles. The summed E-state index contributed by atoms with van der Waals surface area (Å²) < 4.78 is 13.3. The fraction of sp³-hybridized carbons (Fsp3) is 0.333. The van der Waals surface area contributed by atoms with Crippen molar-refractivity contribution in [1.82, 2.24) is 5.32 Å². The van der Waals surface area contributed by atoms with Gasteiger partial charge in [0.05, 0.1) is 5.02 Å². The molecule has 0 saturated carbocycles. The van der Waals surface area contributed by atoms with Gasteiger partial charge in [-0.05, 0) is 43.1 Å². The van der Waals surface area contributed by atoms with Crippen LogP contribution in [0.5, 0.6) is 0 Å². The molecule has 2 aromatic rings. The summed E-state index contributed by atoms with van der Waals surface area (Å²) in [5.74, 6) is -0.00872. The first-order chi connectivity index (χ1) is 10.1. The van der Waals surface area contributed by atoms with Crippen LogP contribution in [0.3, 0.4) is 0 Å². The third-order valence-electron chi connectivity index (χ3n) is 3.62. The number of benzene rings is 2. The van der Waals surface area contributed by atoms with E-state index in [2.05, 4.69) is 43.4 Å². The van der Waals surface area contributed by atoms with Crippen LogP contribution in [0.2, 0.25) is 5.02 Å². The van der Waals surface area contributed by atoms with Crippen molar-refractivity contribution < 1.29 is 4.39 Å². The molecule has 0 radical (unpaired) electrons. The molecule has 112 valence electrons. The molecule has 21 heavy (non-hydrogen) atoms. The van der Waals surface area contributed by atoms with Gasteiger partial charge in [0.15, 0.2) is 0 Å². The van der Waals surface area contributed by atoms with Crippen molar-refractivity contribution in [3.05, 3.63) is 70.0 Å². The van der Waals surface area contributed by atoms with Gasteiger partial charge in [0.2, 0.25) is 0 Å². The van der Waals surface area contributed by atoms with Crippen molar-refractivity contribution >= 4 is 11.6 Å². The summed E-state index contributed by atoms with van der Waals surface area (Å²) >= 11 is 5.88. The summed E-state index contributed by atoms with van der Waals surface area (Å²) in [4.78, 5) is 0. The number of halogens is 2. The van der Waals surface area contributed by atoms with E-state index < -0.39 is 0 Å². The van der Waals surface area contributed by atoms with E-state index in [0.717, 1.165) is 25.1 Å². The molecule has 1 nitrogen and oxygen atoms in total. The Morgan fingerprint density at radius 2 is 2.00 bits per heavy atom. The van der Waals surface area contributed by atoms with Gasteiger partial charge in [-0.1, -0.05) is 54.4 Å². The lowest BCUT2D eigenvalue weighted by atomic mass is 9.91. The molecule has 2 rings (SSSR count). The van der Waals surface area contributed by atoms with E-state index in [-0.39, 0.29) is 10.8 Å². The highest BCUT2D eigenvalue weighted by Crippen LogP contribution is 2.24. The van der Waals surface area contributed by atoms with Crippen LogP contribution in [0.25, 0.3) is 0 Å². The summed E-state index contributed by atoms with van der Waals surface area (Å²) in [5, 5.41) is 3.60. The lowest BCUT2D eigenvalue weighted by molar-refractivity contribution is 0.592. The molecule has 3 heteroatoms. The molecule has 1 atom stereocenters. The Labute approximate surface area is 131 Å². The van der Waals surface area contributed by atoms with Crippen LogP contribution < -0.4 is 5.32 Å². The van der Waals surface area contributed by atoms with E-state index >= 15 is 0 Å². The first-order valence-corrected chi connectivity index (χ1v) is 7.69. The highest BCUT2D eigenvalue weighted by molar-refractivity contribution is 6.30. The van der Waals surface area contributed by atoms with Crippen molar-refractivity contribution in [2.45, 2.75) is 26.2 Å². The second-order valence-corrected chi connectivity index (χ2v) is 5.78. The van der Waals surface area contributed by atoms with Crippen molar-refractivity contribution in [1.29, 1.82) is 0 Å². The van der Waals surface area contributed by atoms with Gasteiger partial charge >= 0.3 is 0 Å². The van der Waals surface area contributed by atoms with Gasteiger partial charge in [-0.15, -0.1) is 0 Å². The topological polar surface area (TPSA) is 12.0 Å². The molecule has 2 aromatic carbocycles. The van der Waals surface area contributed by atoms with Crippen molar-refractivity contribution in [2.75, 3.05) is 13.1 Å². The predicted molar refractivity (Wildman–Crippen MR) is 87.6 cm³/mol. The monoisotopic (exact) mass is 305 g/mol. The number of hydrogen-bond donors (Lipinski definition) is 1. The minimum Gasteiger partial charge on any atom is -0.316 e. The maximum Gasteiger partial charge on any atom is 0.141 e. The fourth-order valence-corrected chi connectivity index (χ4v) is 2.70. The van der Waals surface area contributed by atoms with Crippen LogP contribution in [0.15, 0.2) is 42.5 Å². The van der Waals surface area contributed by atoms with Gasteiger partial charge in [-0.3, -0.25) is 0 Å². The average molecular weight is 306 g/mol. The normalized spacial score (nSPS) is 12.4. The fourth-order valence-electron chi connectivity index (χ4n) is 2.50. The molecule has 0 saturated heterocycles. The Morgan fingerprint density at radius 1 is 1.19 bits per heavy atom. The molecule has 1 unspecified atom stereocenters. The van der Waals surface area contributed by atoms with Gasteiger partial charge in [0.1, 0.15) is 5.82 Å². The van der Waals surface area contributed by atoms with E-state index in [1.165, 1.54) is 17.2 Å². The summed E-state index contributed by atoms with van der Waals surface area (Å²) in [6.45, 7) is 6.03. The van der Waals surface area contributed by atoms with Crippen LogP contribution >= 0.6 is 11.6 Å². The Balaban J connectivity index is 2.21. The van der Waals surface area contributed by atoms with Crippen molar-refractivity contribution in [3.8, 4) is 0 Å². The van der Waals surface area contributed by atoms with E-state index in [4.69, 9.17) is 11.6 Å². The molecule has 0 fully saturated rings. The Bertz CT molecular complexity index is 598. The number of hydrogen-bond acceptors (Lipinski definition) is 1. The van der Waals surface area contributed by atoms with Crippen molar-refractivity contribution in [2.24, 2.45) is 0 Å². The lowest BCUT2D eigenvalue weighted by Gasteiger charge is -2.19. The summed E-state index contributed by atoms with van der Waals surface area (Å²) in [6.07, 6.45) is 0.844. The Morgan fingerprint density at radius 3 is 2.67 bits per heavy atom. The zero-order valence-electron chi connectivity index (χ0n) is 12.5. The second-order valence-electron chi connectivity index (χ2n) is 5.37. The standard InChI is InChI=1S/C18H21ClFN/c1-3-21-12-16(15-6-4-5-13(2)9-15)10-14-7-8-18(20)17(19)11-14/h4-9,11,16,21H,3,10,12H2,1-2H3. The molecule has 0 aromatic heterocycles. The van der Waals surface area contributed by atoms with E-state index in [9.17, 15) is 4.39 Å². The smallest absolute Gasteiger partial charge is 0.141 e. The Hall–Kier alpha value is -1.38. The van der Waals surface area contributed by atoms with Gasteiger partial charge in [-0.25, -0.2) is 4.39 Å². The quantitative estimate of drug-likeness (QED) is 0.814. The third-order valence-corrected chi connectivity index (χ3v) is 3.91. The third kappa shape index (κ3) is 4.55. The number of nitrogens with one attached hydrogen (secondary N) is 1. The van der Waals surface area contributed by atoms with Crippen LogP contribution in [0.4, 0.5) is 4.39 Å². The predicted octanol–water partition coefficient (Wildman–Crippen LogP) is 4.72. The minimum absolute atomic E-state index is 0.193. The summed E-state index contributed by atoms with van der Waals surface area (Å²) in [6, 6.07) is 13.5. The molecule has 0 heterocycles. The van der Waals surface area contributed by atoms with E-state index in [1.54, 1.807) is 6.07 Å². The van der Waals surface area contributed by atoms with Crippen LogP contribution in [0.1, 0.15) is 29.5 Å². The Kier molecular flexibility index (Phi) is 5.77. The first-order valence-electron chi connectivity index (χ1n) is 7.31. The highest BCUT2D eigenvalue weighted by Gasteiger charge is 2.13. The number of likely N-dealkylation sites (N-methyl/N-ethyl adjacent to an activating group) is 1. The highest BCUT2D eigenvalue weighted by atomic mass is 35.5. The molecule has 0 amide bonds. The number of aryl methyl sites for hydroxylation is 1. The molecule has 0 aliphatic heterocycles. The maximum atomic E-state index is 13.3. The van der Waals surface area contributed by atoms with Crippen LogP contribution in [-0.4, -0.2) is 13.1 Å². The van der Waals surface area contributed by atoms with Crippen molar-refractivity contribution in [3.63, 3.8) is 0 Å². The minimum atomic E-state index is -0.362. The molecule has 1 N–H and O–H groups in total. The molecule has 0 spiro atoms. The maximum absolute atomic E-state index is 13.3. The summed E-state index contributed by atoms with van der Waals surface area (Å²) in [7, 11) is 0. The van der Waals surface area contributed by atoms with E-state index in [1.807, 2.05) is 6.07 Å². The summed E-state index contributed by atoms with van der Waals surface area (Å²) in [5.41, 5.74) is 3.62. The molecular weight excluding hydrogens is 285 g/mol. The number of rotatable bonds is 6. The first kappa shape index (κ1) is 16.0. The zero-order valence-corrected chi connectivity index (χ0v) is 13.3. The largest absolute Gasteiger partial charge is 0.316 e. The SMILES string of the molecule is CCNCC(Cc1ccc(F)c(Cl)c1)c1cccc(C)c1. The van der Waals surface area contributed by atoms with Crippen LogP contribution in [0, 0.1) is 12.7 Å². The van der Waals surface area contributed by atoms with Gasteiger partial charge in [0, 0.05) is 12.5 Å². The van der Waals surface area contributed by atoms with Gasteiger partial charge in [0.25, 0.3) is 0 Å². The lowest BCUT2D eigenvalue weighted by Crippen LogP contribution is -2.22. The van der Waals surface area contributed by atoms with E-state index in [0.29, 0.717) is 5.92 Å². The zero-order chi connectivity index (χ0) is 15.2. The second kappa shape index (κ2) is 7.58. The average Bonchev–Trinajstić information content (AvgIpc) is 2.47.